The maximum atomic E-state index is 11.8. The molecule has 0 aromatic heterocycles. The van der Waals surface area contributed by atoms with Gasteiger partial charge in [-0.2, -0.15) is 4.89 Å². The molecule has 4 heteroatoms. The third kappa shape index (κ3) is 4.47. The van der Waals surface area contributed by atoms with E-state index in [9.17, 15) is 4.79 Å². The quantitative estimate of drug-likeness (QED) is 0.424. The van der Waals surface area contributed by atoms with Gasteiger partial charge in [0.05, 0.1) is 12.2 Å². The molecule has 1 aromatic carbocycles. The predicted octanol–water partition coefficient (Wildman–Crippen LogP) is 2.98. The molecule has 1 aromatic rings. The van der Waals surface area contributed by atoms with E-state index >= 15 is 0 Å². The molecule has 18 heavy (non-hydrogen) atoms. The van der Waals surface area contributed by atoms with Crippen LogP contribution in [0.4, 0.5) is 0 Å². The maximum Gasteiger partial charge on any atom is 0.373 e. The van der Waals surface area contributed by atoms with Gasteiger partial charge in [0.15, 0.2) is 6.61 Å². The lowest BCUT2D eigenvalue weighted by molar-refractivity contribution is -0.218. The van der Waals surface area contributed by atoms with Crippen molar-refractivity contribution in [2.24, 2.45) is 0 Å². The maximum absolute atomic E-state index is 11.8. The molecule has 0 amide bonds. The number of hydrogen-bond acceptors (Lipinski definition) is 4. The Kier molecular flexibility index (Phi) is 6.39. The van der Waals surface area contributed by atoms with Gasteiger partial charge in [-0.25, -0.2) is 4.79 Å². The number of carbonyl (C=O) groups is 1. The van der Waals surface area contributed by atoms with Gasteiger partial charge in [0.25, 0.3) is 0 Å². The first-order valence-electron chi connectivity index (χ1n) is 6.00. The van der Waals surface area contributed by atoms with Crippen LogP contribution in [0.25, 0.3) is 0 Å². The fraction of sp³-hybridized carbons (Fsp3) is 0.429. The first kappa shape index (κ1) is 14.7. The number of aryl methyl sites for hydroxylation is 2. The molecule has 0 N–H and O–H groups in total. The third-order valence-electron chi connectivity index (χ3n) is 2.41. The average molecular weight is 251 g/mol. The number of carbonyl (C=O) groups excluding carboxylic acids is 1. The molecular formula is C14H19O4. The summed E-state index contributed by atoms with van der Waals surface area (Å²) in [6, 6.07) is 5.61. The van der Waals surface area contributed by atoms with Gasteiger partial charge in [-0.3, -0.25) is 4.89 Å². The van der Waals surface area contributed by atoms with Gasteiger partial charge in [0.2, 0.25) is 0 Å². The minimum Gasteiger partial charge on any atom is -0.378 e. The molecule has 0 spiro atoms. The van der Waals surface area contributed by atoms with Crippen molar-refractivity contribution >= 4 is 5.97 Å². The van der Waals surface area contributed by atoms with Crippen LogP contribution in [0.15, 0.2) is 18.2 Å². The highest BCUT2D eigenvalue weighted by Gasteiger charge is 2.14. The molecule has 0 atom stereocenters. The lowest BCUT2D eigenvalue weighted by Gasteiger charge is -2.08. The Balaban J connectivity index is 2.37. The van der Waals surface area contributed by atoms with E-state index < -0.39 is 5.97 Å². The Bertz CT molecular complexity index is 367. The van der Waals surface area contributed by atoms with Crippen LogP contribution in [0.1, 0.15) is 34.8 Å². The summed E-state index contributed by atoms with van der Waals surface area (Å²) < 4.78 is 5.15. The molecule has 0 saturated carbocycles. The zero-order valence-corrected chi connectivity index (χ0v) is 11.1. The topological polar surface area (TPSA) is 44.8 Å². The van der Waals surface area contributed by atoms with Gasteiger partial charge in [-0.15, -0.1) is 0 Å². The van der Waals surface area contributed by atoms with Crippen LogP contribution >= 0.6 is 0 Å². The van der Waals surface area contributed by atoms with Crippen LogP contribution < -0.4 is 0 Å². The lowest BCUT2D eigenvalue weighted by atomic mass is 10.0. The zero-order chi connectivity index (χ0) is 13.4. The van der Waals surface area contributed by atoms with Crippen molar-refractivity contribution < 1.29 is 19.3 Å². The second-order valence-electron chi connectivity index (χ2n) is 3.98. The second kappa shape index (κ2) is 7.84. The van der Waals surface area contributed by atoms with E-state index in [2.05, 4.69) is 0 Å². The van der Waals surface area contributed by atoms with Crippen LogP contribution in [0.2, 0.25) is 0 Å². The van der Waals surface area contributed by atoms with Crippen LogP contribution in [0.5, 0.6) is 0 Å². The summed E-state index contributed by atoms with van der Waals surface area (Å²) in [5.74, 6) is -0.489. The van der Waals surface area contributed by atoms with Crippen molar-refractivity contribution in [3.63, 3.8) is 0 Å². The number of ether oxygens (including phenoxy) is 1. The largest absolute Gasteiger partial charge is 0.378 e. The number of benzene rings is 1. The summed E-state index contributed by atoms with van der Waals surface area (Å²) in [5.41, 5.74) is 2.28. The Labute approximate surface area is 108 Å². The van der Waals surface area contributed by atoms with E-state index in [1.165, 1.54) is 6.61 Å². The molecule has 0 bridgehead atoms. The van der Waals surface area contributed by atoms with Crippen LogP contribution in [0, 0.1) is 20.5 Å². The van der Waals surface area contributed by atoms with E-state index in [0.29, 0.717) is 18.8 Å². The minimum absolute atomic E-state index is 0.299. The van der Waals surface area contributed by atoms with Crippen molar-refractivity contribution in [1.82, 2.24) is 0 Å². The van der Waals surface area contributed by atoms with Crippen LogP contribution in [0.3, 0.4) is 0 Å². The first-order chi connectivity index (χ1) is 8.66. The summed E-state index contributed by atoms with van der Waals surface area (Å²) in [6.07, 6.45) is 0.941. The van der Waals surface area contributed by atoms with Crippen molar-refractivity contribution in [3.05, 3.63) is 41.5 Å². The summed E-state index contributed by atoms with van der Waals surface area (Å²) >= 11 is 0. The van der Waals surface area contributed by atoms with Crippen molar-refractivity contribution in [3.8, 4) is 0 Å². The number of rotatable bonds is 7. The highest BCUT2D eigenvalue weighted by Crippen LogP contribution is 2.14. The summed E-state index contributed by atoms with van der Waals surface area (Å²) in [6.45, 7) is 8.01. The fourth-order valence-corrected chi connectivity index (χ4v) is 1.56. The molecule has 0 aliphatic heterocycles. The third-order valence-corrected chi connectivity index (χ3v) is 2.41. The van der Waals surface area contributed by atoms with E-state index in [-0.39, 0.29) is 0 Å². The SMILES string of the molecule is CCCOC[CH]OOC(=O)c1c(C)cccc1C. The molecule has 0 aliphatic rings. The van der Waals surface area contributed by atoms with E-state index in [4.69, 9.17) is 14.5 Å². The predicted molar refractivity (Wildman–Crippen MR) is 67.8 cm³/mol. The molecule has 0 fully saturated rings. The molecule has 99 valence electrons. The fourth-order valence-electron chi connectivity index (χ4n) is 1.56. The molecule has 0 unspecified atom stereocenters. The molecule has 1 rings (SSSR count). The standard InChI is InChI=1S/C14H19O4/c1-4-8-16-9-10-17-18-14(15)13-11(2)6-5-7-12(13)3/h5-7,10H,4,8-9H2,1-3H3. The van der Waals surface area contributed by atoms with Crippen LogP contribution in [-0.4, -0.2) is 19.2 Å². The Morgan fingerprint density at radius 3 is 2.56 bits per heavy atom. The van der Waals surface area contributed by atoms with Gasteiger partial charge in [0.1, 0.15) is 0 Å². The number of hydrogen-bond donors (Lipinski definition) is 0. The molecule has 0 heterocycles. The Morgan fingerprint density at radius 2 is 1.94 bits per heavy atom. The summed E-state index contributed by atoms with van der Waals surface area (Å²) in [5, 5.41) is 0. The van der Waals surface area contributed by atoms with Crippen molar-refractivity contribution in [2.75, 3.05) is 13.2 Å². The molecule has 0 saturated heterocycles. The van der Waals surface area contributed by atoms with Gasteiger partial charge >= 0.3 is 5.97 Å². The lowest BCUT2D eigenvalue weighted by Crippen LogP contribution is -2.10. The summed E-state index contributed by atoms with van der Waals surface area (Å²) in [7, 11) is 0. The van der Waals surface area contributed by atoms with Gasteiger partial charge in [-0.1, -0.05) is 25.1 Å². The van der Waals surface area contributed by atoms with Crippen molar-refractivity contribution in [1.29, 1.82) is 0 Å². The molecule has 1 radical (unpaired) electrons. The van der Waals surface area contributed by atoms with E-state index in [1.54, 1.807) is 0 Å². The van der Waals surface area contributed by atoms with Crippen LogP contribution in [-0.2, 0) is 14.5 Å². The molecule has 4 nitrogen and oxygen atoms in total. The van der Waals surface area contributed by atoms with E-state index in [1.807, 2.05) is 39.0 Å². The minimum atomic E-state index is -0.489. The second-order valence-corrected chi connectivity index (χ2v) is 3.98. The average Bonchev–Trinajstić information content (AvgIpc) is 2.33. The zero-order valence-electron chi connectivity index (χ0n) is 11.1. The highest BCUT2D eigenvalue weighted by atomic mass is 17.2. The Hall–Kier alpha value is -1.39. The summed E-state index contributed by atoms with van der Waals surface area (Å²) in [4.78, 5) is 21.2. The molecular weight excluding hydrogens is 232 g/mol. The van der Waals surface area contributed by atoms with Crippen molar-refractivity contribution in [2.45, 2.75) is 27.2 Å². The van der Waals surface area contributed by atoms with Gasteiger partial charge in [0, 0.05) is 6.61 Å². The van der Waals surface area contributed by atoms with Gasteiger partial charge < -0.3 is 4.74 Å². The Morgan fingerprint density at radius 1 is 1.28 bits per heavy atom. The van der Waals surface area contributed by atoms with Gasteiger partial charge in [-0.05, 0) is 31.4 Å². The smallest absolute Gasteiger partial charge is 0.373 e. The monoisotopic (exact) mass is 251 g/mol. The van der Waals surface area contributed by atoms with E-state index in [0.717, 1.165) is 17.5 Å². The molecule has 0 aliphatic carbocycles. The first-order valence-corrected chi connectivity index (χ1v) is 6.00. The normalized spacial score (nSPS) is 10.4. The highest BCUT2D eigenvalue weighted by molar-refractivity contribution is 5.92.